The number of rotatable bonds is 8. The third-order valence-electron chi connectivity index (χ3n) is 9.57. The zero-order valence-electron chi connectivity index (χ0n) is 26.2. The fourth-order valence-corrected chi connectivity index (χ4v) is 8.25. The smallest absolute Gasteiger partial charge is 0.348 e. The largest absolute Gasteiger partial charge is 0.472 e. The number of nitrogens with one attached hydrogen (secondary N) is 2. The molecule has 2 N–H and O–H groups in total. The van der Waals surface area contributed by atoms with E-state index in [-0.39, 0.29) is 17.8 Å². The molecule has 2 aromatic carbocycles. The standard InChI is InChI=1S/C36H38N4O5S/c1-3-45-34(42)31-22(2)27-20-25(12-14-30(27)46-31)37-35(43)36(16-7-8-17-36)39-33(41)23-11-13-29-28(19-23)38-32(24-15-18-44-21-24)40(29)26-9-5-4-6-10-26/h11-15,18-21,26H,3-10,16-17H2,1-2H3,(H,37,43)(H,39,41). The van der Waals surface area contributed by atoms with Crippen LogP contribution in [0.5, 0.6) is 0 Å². The quantitative estimate of drug-likeness (QED) is 0.166. The van der Waals surface area contributed by atoms with Crippen LogP contribution in [0.15, 0.2) is 59.4 Å². The second-order valence-corrected chi connectivity index (χ2v) is 13.6. The number of hydrogen-bond acceptors (Lipinski definition) is 7. The summed E-state index contributed by atoms with van der Waals surface area (Å²) in [5.74, 6) is -0.0107. The Balaban J connectivity index is 1.14. The number of imidazole rings is 1. The van der Waals surface area contributed by atoms with Gasteiger partial charge in [0.25, 0.3) is 5.91 Å². The van der Waals surface area contributed by atoms with Crippen LogP contribution < -0.4 is 10.6 Å². The van der Waals surface area contributed by atoms with Gasteiger partial charge in [0.05, 0.1) is 29.5 Å². The van der Waals surface area contributed by atoms with Crippen LogP contribution in [0, 0.1) is 6.92 Å². The van der Waals surface area contributed by atoms with Gasteiger partial charge in [-0.05, 0) is 92.9 Å². The number of benzene rings is 2. The maximum absolute atomic E-state index is 13.9. The number of ether oxygens (including phenoxy) is 1. The molecular weight excluding hydrogens is 600 g/mol. The molecular formula is C36H38N4O5S. The van der Waals surface area contributed by atoms with Crippen molar-refractivity contribution in [2.24, 2.45) is 0 Å². The Bertz CT molecular complexity index is 1930. The first kappa shape index (κ1) is 30.2. The number of nitrogens with zero attached hydrogens (tertiary/aromatic N) is 2. The summed E-state index contributed by atoms with van der Waals surface area (Å²) >= 11 is 1.38. The van der Waals surface area contributed by atoms with Crippen molar-refractivity contribution in [1.29, 1.82) is 0 Å². The third-order valence-corrected chi connectivity index (χ3v) is 10.8. The Morgan fingerprint density at radius 3 is 2.59 bits per heavy atom. The van der Waals surface area contributed by atoms with Gasteiger partial charge in [-0.3, -0.25) is 9.59 Å². The average Bonchev–Trinajstić information content (AvgIpc) is 3.88. The summed E-state index contributed by atoms with van der Waals surface area (Å²) in [6.07, 6.45) is 12.0. The highest BCUT2D eigenvalue weighted by Crippen LogP contribution is 2.38. The molecule has 0 aliphatic heterocycles. The molecule has 2 aliphatic rings. The van der Waals surface area contributed by atoms with E-state index in [9.17, 15) is 14.4 Å². The Hall–Kier alpha value is -4.44. The fraction of sp³-hybridized carbons (Fsp3) is 0.389. The van der Waals surface area contributed by atoms with Crippen LogP contribution in [-0.4, -0.2) is 39.5 Å². The van der Waals surface area contributed by atoms with Crippen molar-refractivity contribution >= 4 is 55.9 Å². The zero-order valence-corrected chi connectivity index (χ0v) is 27.0. The average molecular weight is 639 g/mol. The van der Waals surface area contributed by atoms with E-state index in [0.717, 1.165) is 63.8 Å². The van der Waals surface area contributed by atoms with Gasteiger partial charge in [-0.2, -0.15) is 0 Å². The maximum Gasteiger partial charge on any atom is 0.348 e. The predicted molar refractivity (Wildman–Crippen MR) is 179 cm³/mol. The topological polar surface area (TPSA) is 115 Å². The highest BCUT2D eigenvalue weighted by atomic mass is 32.1. The van der Waals surface area contributed by atoms with E-state index in [1.807, 2.05) is 49.4 Å². The maximum atomic E-state index is 13.9. The molecule has 2 aliphatic carbocycles. The van der Waals surface area contributed by atoms with Crippen LogP contribution in [0.4, 0.5) is 5.69 Å². The molecule has 0 radical (unpaired) electrons. The molecule has 7 rings (SSSR count). The first-order chi connectivity index (χ1) is 22.4. The van der Waals surface area contributed by atoms with E-state index < -0.39 is 5.54 Å². The second kappa shape index (κ2) is 12.4. The number of hydrogen-bond donors (Lipinski definition) is 2. The number of carbonyl (C=O) groups excluding carboxylic acids is 3. The Labute approximate surface area is 271 Å². The van der Waals surface area contributed by atoms with Crippen LogP contribution in [0.2, 0.25) is 0 Å². The van der Waals surface area contributed by atoms with Gasteiger partial charge in [-0.25, -0.2) is 9.78 Å². The monoisotopic (exact) mass is 638 g/mol. The Morgan fingerprint density at radius 2 is 1.85 bits per heavy atom. The van der Waals surface area contributed by atoms with E-state index in [1.54, 1.807) is 19.5 Å². The molecule has 238 valence electrons. The lowest BCUT2D eigenvalue weighted by Gasteiger charge is -2.29. The molecule has 3 aromatic heterocycles. The number of aromatic nitrogens is 2. The molecule has 3 heterocycles. The van der Waals surface area contributed by atoms with Gasteiger partial charge in [0.1, 0.15) is 22.5 Å². The minimum absolute atomic E-state index is 0.235. The molecule has 5 aromatic rings. The highest BCUT2D eigenvalue weighted by molar-refractivity contribution is 7.21. The minimum atomic E-state index is -1.02. The van der Waals surface area contributed by atoms with Gasteiger partial charge in [-0.1, -0.05) is 32.1 Å². The normalized spacial score (nSPS) is 16.6. The van der Waals surface area contributed by atoms with Gasteiger partial charge in [-0.15, -0.1) is 11.3 Å². The van der Waals surface area contributed by atoms with E-state index in [4.69, 9.17) is 14.1 Å². The summed E-state index contributed by atoms with van der Waals surface area (Å²) in [6, 6.07) is 13.6. The van der Waals surface area contributed by atoms with Crippen LogP contribution in [0.25, 0.3) is 32.5 Å². The molecule has 46 heavy (non-hydrogen) atoms. The summed E-state index contributed by atoms with van der Waals surface area (Å²) in [5.41, 5.74) is 3.57. The van der Waals surface area contributed by atoms with E-state index in [2.05, 4.69) is 15.2 Å². The number of furan rings is 1. The molecule has 2 fully saturated rings. The molecule has 0 unspecified atom stereocenters. The molecule has 0 saturated heterocycles. The summed E-state index contributed by atoms with van der Waals surface area (Å²) in [4.78, 5) is 45.6. The predicted octanol–water partition coefficient (Wildman–Crippen LogP) is 8.18. The van der Waals surface area contributed by atoms with Crippen molar-refractivity contribution in [2.75, 3.05) is 11.9 Å². The summed E-state index contributed by atoms with van der Waals surface area (Å²) < 4.78 is 13.9. The molecule has 10 heteroatoms. The number of amides is 2. The molecule has 0 bridgehead atoms. The lowest BCUT2D eigenvalue weighted by molar-refractivity contribution is -0.122. The summed E-state index contributed by atoms with van der Waals surface area (Å²) in [5, 5.41) is 7.09. The summed E-state index contributed by atoms with van der Waals surface area (Å²) in [7, 11) is 0. The first-order valence-corrected chi connectivity index (χ1v) is 17.1. The second-order valence-electron chi connectivity index (χ2n) is 12.5. The van der Waals surface area contributed by atoms with Crippen LogP contribution in [0.3, 0.4) is 0 Å². The van der Waals surface area contributed by atoms with E-state index in [0.29, 0.717) is 41.6 Å². The minimum Gasteiger partial charge on any atom is -0.472 e. The van der Waals surface area contributed by atoms with Crippen molar-refractivity contribution in [1.82, 2.24) is 14.9 Å². The number of thiophene rings is 1. The van der Waals surface area contributed by atoms with Crippen molar-refractivity contribution in [3.05, 3.63) is 71.0 Å². The van der Waals surface area contributed by atoms with Crippen LogP contribution >= 0.6 is 11.3 Å². The number of aryl methyl sites for hydroxylation is 1. The Morgan fingerprint density at radius 1 is 1.04 bits per heavy atom. The van der Waals surface area contributed by atoms with Crippen molar-refractivity contribution in [3.8, 4) is 11.4 Å². The van der Waals surface area contributed by atoms with Crippen LogP contribution in [-0.2, 0) is 9.53 Å². The lowest BCUT2D eigenvalue weighted by atomic mass is 9.94. The molecule has 0 atom stereocenters. The van der Waals surface area contributed by atoms with E-state index in [1.165, 1.54) is 30.6 Å². The number of esters is 1. The van der Waals surface area contributed by atoms with Gasteiger partial charge in [0.15, 0.2) is 0 Å². The van der Waals surface area contributed by atoms with Gasteiger partial charge in [0, 0.05) is 22.0 Å². The molecule has 0 spiro atoms. The SMILES string of the molecule is CCOC(=O)c1sc2ccc(NC(=O)C3(NC(=O)c4ccc5c(c4)nc(-c4ccoc4)n5C4CCCCC4)CCCC3)cc2c1C. The van der Waals surface area contributed by atoms with E-state index >= 15 is 0 Å². The molecule has 2 saturated carbocycles. The highest BCUT2D eigenvalue weighted by Gasteiger charge is 2.43. The van der Waals surface area contributed by atoms with Crippen molar-refractivity contribution < 1.29 is 23.5 Å². The lowest BCUT2D eigenvalue weighted by Crippen LogP contribution is -2.55. The molecule has 2 amide bonds. The van der Waals surface area contributed by atoms with Gasteiger partial charge in [0.2, 0.25) is 5.91 Å². The zero-order chi connectivity index (χ0) is 31.8. The van der Waals surface area contributed by atoms with Gasteiger partial charge >= 0.3 is 5.97 Å². The number of fused-ring (bicyclic) bond motifs is 2. The van der Waals surface area contributed by atoms with Crippen LogP contribution in [0.1, 0.15) is 96.3 Å². The van der Waals surface area contributed by atoms with Gasteiger partial charge < -0.3 is 24.4 Å². The fourth-order valence-electron chi connectivity index (χ4n) is 7.16. The van der Waals surface area contributed by atoms with Crippen molar-refractivity contribution in [3.63, 3.8) is 0 Å². The Kier molecular flexibility index (Phi) is 8.15. The van der Waals surface area contributed by atoms with Crippen molar-refractivity contribution in [2.45, 2.75) is 83.2 Å². The third kappa shape index (κ3) is 5.48. The molecule has 9 nitrogen and oxygen atoms in total. The summed E-state index contributed by atoms with van der Waals surface area (Å²) in [6.45, 7) is 3.99. The number of carbonyl (C=O) groups is 3. The first-order valence-electron chi connectivity index (χ1n) is 16.3. The number of anilines is 1.